The molecule has 62 valence electrons. The van der Waals surface area contributed by atoms with Crippen LogP contribution in [0, 0.1) is 0 Å². The fourth-order valence-electron chi connectivity index (χ4n) is 0.583. The molecule has 0 aliphatic carbocycles. The van der Waals surface area contributed by atoms with Gasteiger partial charge < -0.3 is 5.73 Å². The Labute approximate surface area is 62.1 Å². The Morgan fingerprint density at radius 3 is 2.82 bits per heavy atom. The van der Waals surface area contributed by atoms with Gasteiger partial charge in [-0.1, -0.05) is 0 Å². The van der Waals surface area contributed by atoms with Crippen molar-refractivity contribution >= 4 is 11.9 Å². The highest BCUT2D eigenvalue weighted by atomic mass is 17.5. The zero-order valence-electron chi connectivity index (χ0n) is 5.61. The molecule has 0 amide bonds. The van der Waals surface area contributed by atoms with Crippen LogP contribution in [0.2, 0.25) is 0 Å². The smallest absolute Gasteiger partial charge is 0.318 e. The van der Waals surface area contributed by atoms with Crippen molar-refractivity contribution in [3.8, 4) is 0 Å². The Morgan fingerprint density at radius 1 is 1.36 bits per heavy atom. The molecule has 0 saturated carbocycles. The standard InChI is InChI=1S/C5H7NO5/c6-3-1-2-4(7)9-11-10-5(3)8/h3H,1-2,6H2/t3-/m0/s1. The Balaban J connectivity index is 2.47. The van der Waals surface area contributed by atoms with Crippen LogP contribution in [0.5, 0.6) is 0 Å². The second-order valence-corrected chi connectivity index (χ2v) is 2.07. The van der Waals surface area contributed by atoms with Gasteiger partial charge in [-0.05, 0) is 6.42 Å². The van der Waals surface area contributed by atoms with E-state index in [4.69, 9.17) is 5.73 Å². The molecule has 6 nitrogen and oxygen atoms in total. The van der Waals surface area contributed by atoms with Gasteiger partial charge in [-0.25, -0.2) is 9.59 Å². The fraction of sp³-hybridized carbons (Fsp3) is 0.600. The van der Waals surface area contributed by atoms with Crippen molar-refractivity contribution in [2.24, 2.45) is 5.73 Å². The lowest BCUT2D eigenvalue weighted by Gasteiger charge is -2.11. The van der Waals surface area contributed by atoms with E-state index in [1.54, 1.807) is 0 Å². The number of carbonyl (C=O) groups excluding carboxylic acids is 2. The first kappa shape index (κ1) is 7.96. The zero-order valence-corrected chi connectivity index (χ0v) is 5.61. The molecule has 1 aliphatic rings. The van der Waals surface area contributed by atoms with Crippen molar-refractivity contribution in [1.82, 2.24) is 0 Å². The number of hydrogen-bond donors (Lipinski definition) is 1. The summed E-state index contributed by atoms with van der Waals surface area (Å²) in [6, 6.07) is -0.817. The van der Waals surface area contributed by atoms with E-state index in [9.17, 15) is 9.59 Å². The molecule has 1 aliphatic heterocycles. The Kier molecular flexibility index (Phi) is 2.40. The SMILES string of the molecule is N[C@H]1CCC(=O)OOOC1=O. The highest BCUT2D eigenvalue weighted by Gasteiger charge is 2.22. The third-order valence-electron chi connectivity index (χ3n) is 1.21. The van der Waals surface area contributed by atoms with Crippen LogP contribution in [-0.4, -0.2) is 18.0 Å². The lowest BCUT2D eigenvalue weighted by Crippen LogP contribution is -2.35. The topological polar surface area (TPSA) is 87.9 Å². The molecule has 2 N–H and O–H groups in total. The van der Waals surface area contributed by atoms with Gasteiger partial charge in [-0.2, -0.15) is 0 Å². The first-order chi connectivity index (χ1) is 5.20. The van der Waals surface area contributed by atoms with Gasteiger partial charge in [0.2, 0.25) is 0 Å². The van der Waals surface area contributed by atoms with Gasteiger partial charge in [0.25, 0.3) is 0 Å². The van der Waals surface area contributed by atoms with Gasteiger partial charge in [0.05, 0.1) is 6.42 Å². The zero-order chi connectivity index (χ0) is 8.27. The van der Waals surface area contributed by atoms with Crippen molar-refractivity contribution < 1.29 is 24.4 Å². The normalized spacial score (nSPS) is 26.5. The summed E-state index contributed by atoms with van der Waals surface area (Å²) >= 11 is 0. The van der Waals surface area contributed by atoms with Crippen LogP contribution in [0.1, 0.15) is 12.8 Å². The predicted octanol–water partition coefficient (Wildman–Crippen LogP) is -0.960. The Hall–Kier alpha value is -1.14. The van der Waals surface area contributed by atoms with E-state index in [0.29, 0.717) is 0 Å². The summed E-state index contributed by atoms with van der Waals surface area (Å²) in [6.07, 6.45) is 0.261. The van der Waals surface area contributed by atoms with Crippen molar-refractivity contribution in [2.75, 3.05) is 0 Å². The minimum atomic E-state index is -0.817. The van der Waals surface area contributed by atoms with E-state index in [1.165, 1.54) is 0 Å². The quantitative estimate of drug-likeness (QED) is 0.460. The molecule has 0 aromatic carbocycles. The van der Waals surface area contributed by atoms with Crippen molar-refractivity contribution in [1.29, 1.82) is 0 Å². The molecule has 1 heterocycles. The molecule has 1 rings (SSSR count). The molecule has 1 atom stereocenters. The van der Waals surface area contributed by atoms with E-state index >= 15 is 0 Å². The number of nitrogens with two attached hydrogens (primary N) is 1. The van der Waals surface area contributed by atoms with E-state index in [2.05, 4.69) is 14.8 Å². The Bertz CT molecular complexity index is 180. The van der Waals surface area contributed by atoms with Crippen molar-refractivity contribution in [3.63, 3.8) is 0 Å². The average molecular weight is 161 g/mol. The highest BCUT2D eigenvalue weighted by molar-refractivity contribution is 5.77. The summed E-state index contributed by atoms with van der Waals surface area (Å²) in [5.74, 6) is -1.34. The van der Waals surface area contributed by atoms with Gasteiger partial charge in [0, 0.05) is 5.04 Å². The van der Waals surface area contributed by atoms with Crippen LogP contribution < -0.4 is 5.73 Å². The predicted molar refractivity (Wildman–Crippen MR) is 30.5 cm³/mol. The first-order valence-electron chi connectivity index (χ1n) is 3.03. The minimum Gasteiger partial charge on any atom is -0.318 e. The van der Waals surface area contributed by atoms with Crippen molar-refractivity contribution in [2.45, 2.75) is 18.9 Å². The van der Waals surface area contributed by atoms with Crippen molar-refractivity contribution in [3.05, 3.63) is 0 Å². The lowest BCUT2D eigenvalue weighted by atomic mass is 10.2. The van der Waals surface area contributed by atoms with Crippen LogP contribution in [0.4, 0.5) is 0 Å². The molecule has 0 bridgehead atoms. The van der Waals surface area contributed by atoms with E-state index in [1.807, 2.05) is 0 Å². The lowest BCUT2D eigenvalue weighted by molar-refractivity contribution is -0.461. The van der Waals surface area contributed by atoms with Crippen LogP contribution in [-0.2, 0) is 24.4 Å². The van der Waals surface area contributed by atoms with Crippen LogP contribution in [0.3, 0.4) is 0 Å². The van der Waals surface area contributed by atoms with E-state index in [0.717, 1.165) is 0 Å². The first-order valence-corrected chi connectivity index (χ1v) is 3.03. The highest BCUT2D eigenvalue weighted by Crippen LogP contribution is 2.03. The molecular formula is C5H7NO5. The van der Waals surface area contributed by atoms with Gasteiger partial charge in [-0.15, -0.1) is 0 Å². The van der Waals surface area contributed by atoms with Crippen LogP contribution in [0.15, 0.2) is 0 Å². The number of carbonyl (C=O) groups is 2. The summed E-state index contributed by atoms with van der Waals surface area (Å²) in [5, 5.41) is 3.79. The molecule has 1 fully saturated rings. The molecule has 11 heavy (non-hydrogen) atoms. The molecule has 0 aromatic heterocycles. The van der Waals surface area contributed by atoms with Gasteiger partial charge in [0.15, 0.2) is 0 Å². The second kappa shape index (κ2) is 3.31. The molecule has 0 radical (unpaired) electrons. The third kappa shape index (κ3) is 2.17. The molecule has 6 heteroatoms. The van der Waals surface area contributed by atoms with Crippen LogP contribution in [0.25, 0.3) is 0 Å². The number of rotatable bonds is 0. The summed E-state index contributed by atoms with van der Waals surface area (Å²) in [6.45, 7) is 0. The molecule has 1 saturated heterocycles. The second-order valence-electron chi connectivity index (χ2n) is 2.07. The minimum absolute atomic E-state index is 0.0519. The van der Waals surface area contributed by atoms with Gasteiger partial charge >= 0.3 is 11.9 Å². The maximum atomic E-state index is 10.6. The van der Waals surface area contributed by atoms with E-state index < -0.39 is 18.0 Å². The fourth-order valence-corrected chi connectivity index (χ4v) is 0.583. The third-order valence-corrected chi connectivity index (χ3v) is 1.21. The van der Waals surface area contributed by atoms with Gasteiger partial charge in [-0.3, -0.25) is 9.78 Å². The maximum absolute atomic E-state index is 10.6. The van der Waals surface area contributed by atoms with E-state index in [-0.39, 0.29) is 12.8 Å². The monoisotopic (exact) mass is 161 g/mol. The molecule has 0 unspecified atom stereocenters. The molecule has 0 spiro atoms. The summed E-state index contributed by atoms with van der Waals surface area (Å²) < 4.78 is 0. The Morgan fingerprint density at radius 2 is 2.09 bits per heavy atom. The number of hydrogen-bond acceptors (Lipinski definition) is 6. The largest absolute Gasteiger partial charge is 0.363 e. The summed E-state index contributed by atoms with van der Waals surface area (Å²) in [5.41, 5.74) is 5.25. The average Bonchev–Trinajstić information content (AvgIpc) is 1.98. The summed E-state index contributed by atoms with van der Waals surface area (Å²) in [4.78, 5) is 29.0. The summed E-state index contributed by atoms with van der Waals surface area (Å²) in [7, 11) is 0. The maximum Gasteiger partial charge on any atom is 0.363 e. The van der Waals surface area contributed by atoms with Crippen LogP contribution >= 0.6 is 0 Å². The molecular weight excluding hydrogens is 154 g/mol. The molecule has 0 aromatic rings. The van der Waals surface area contributed by atoms with Gasteiger partial charge in [0.1, 0.15) is 6.04 Å².